The van der Waals surface area contributed by atoms with Crippen molar-refractivity contribution in [3.05, 3.63) is 71.8 Å². The normalized spacial score (nSPS) is 15.4. The fraction of sp³-hybridized carbons (Fsp3) is 0.483. The molecule has 0 radical (unpaired) electrons. The Morgan fingerprint density at radius 3 is 2.14 bits per heavy atom. The minimum absolute atomic E-state index is 0.00748. The molecule has 1 aliphatic heterocycles. The maximum atomic E-state index is 13.2. The van der Waals surface area contributed by atoms with E-state index in [1.807, 2.05) is 67.5 Å². The maximum Gasteiger partial charge on any atom is 0.251 e. The minimum atomic E-state index is -0.425. The number of rotatable bonds is 10. The first-order valence-electron chi connectivity index (χ1n) is 12.8. The number of piperidine rings is 1. The maximum absolute atomic E-state index is 13.2. The smallest absolute Gasteiger partial charge is 0.251 e. The Morgan fingerprint density at radius 2 is 1.56 bits per heavy atom. The first kappa shape index (κ1) is 27.4. The van der Waals surface area contributed by atoms with E-state index in [4.69, 9.17) is 0 Å². The Morgan fingerprint density at radius 1 is 0.972 bits per heavy atom. The van der Waals surface area contributed by atoms with E-state index < -0.39 is 6.04 Å². The Bertz CT molecular complexity index is 1000. The number of nitrogens with zero attached hydrogens (tertiary/aromatic N) is 2. The van der Waals surface area contributed by atoms with Gasteiger partial charge in [0.15, 0.2) is 0 Å². The number of carbonyl (C=O) groups excluding carboxylic acids is 3. The lowest BCUT2D eigenvalue weighted by atomic mass is 9.91. The van der Waals surface area contributed by atoms with E-state index in [1.165, 1.54) is 0 Å². The average Bonchev–Trinajstić information content (AvgIpc) is 2.87. The second-order valence-electron chi connectivity index (χ2n) is 10.8. The molecule has 0 spiro atoms. The second kappa shape index (κ2) is 12.7. The molecule has 1 unspecified atom stereocenters. The highest BCUT2D eigenvalue weighted by Crippen LogP contribution is 2.23. The molecule has 2 aromatic rings. The minimum Gasteiger partial charge on any atom is -0.355 e. The van der Waals surface area contributed by atoms with Crippen molar-refractivity contribution >= 4 is 17.7 Å². The first-order valence-corrected chi connectivity index (χ1v) is 12.8. The lowest BCUT2D eigenvalue weighted by Crippen LogP contribution is -2.46. The topological polar surface area (TPSA) is 81.8 Å². The van der Waals surface area contributed by atoms with E-state index in [9.17, 15) is 14.4 Å². The molecule has 1 aliphatic rings. The van der Waals surface area contributed by atoms with Crippen LogP contribution in [0, 0.1) is 11.3 Å². The molecular formula is C29H40N4O3. The molecule has 1 heterocycles. The van der Waals surface area contributed by atoms with Crippen LogP contribution < -0.4 is 10.6 Å². The van der Waals surface area contributed by atoms with Gasteiger partial charge in [-0.3, -0.25) is 14.4 Å². The van der Waals surface area contributed by atoms with Crippen molar-refractivity contribution in [3.8, 4) is 0 Å². The molecule has 1 atom stereocenters. The van der Waals surface area contributed by atoms with Crippen LogP contribution in [0.4, 0.5) is 0 Å². The summed E-state index contributed by atoms with van der Waals surface area (Å²) in [7, 11) is 4.07. The van der Waals surface area contributed by atoms with Crippen molar-refractivity contribution in [1.29, 1.82) is 0 Å². The van der Waals surface area contributed by atoms with Gasteiger partial charge in [-0.2, -0.15) is 0 Å². The molecule has 7 heteroatoms. The van der Waals surface area contributed by atoms with Gasteiger partial charge in [0.25, 0.3) is 5.91 Å². The third-order valence-corrected chi connectivity index (χ3v) is 6.63. The van der Waals surface area contributed by atoms with E-state index in [1.54, 1.807) is 12.1 Å². The van der Waals surface area contributed by atoms with Gasteiger partial charge in [0.2, 0.25) is 11.8 Å². The molecule has 2 aromatic carbocycles. The summed E-state index contributed by atoms with van der Waals surface area (Å²) in [6, 6.07) is 18.2. The van der Waals surface area contributed by atoms with Crippen LogP contribution in [0.25, 0.3) is 0 Å². The number of carbonyl (C=O) groups is 3. The van der Waals surface area contributed by atoms with Gasteiger partial charge in [-0.05, 0) is 50.0 Å². The molecule has 0 bridgehead atoms. The van der Waals surface area contributed by atoms with E-state index in [2.05, 4.69) is 29.4 Å². The summed E-state index contributed by atoms with van der Waals surface area (Å²) in [5.74, 6) is -0.217. The standard InChI is InChI=1S/C29H40N4O3/c1-29(2,21-32(3)4)20-30-27(35)24-15-17-33(18-16-24)26(34)19-25(22-11-7-5-8-12-22)31-28(36)23-13-9-6-10-14-23/h5-14,24-25H,15-21H2,1-4H3,(H,30,35)(H,31,36). The summed E-state index contributed by atoms with van der Waals surface area (Å²) in [5.41, 5.74) is 1.45. The van der Waals surface area contributed by atoms with Crippen molar-refractivity contribution in [2.45, 2.75) is 39.2 Å². The molecule has 3 rings (SSSR count). The van der Waals surface area contributed by atoms with Crippen LogP contribution in [-0.2, 0) is 9.59 Å². The zero-order valence-electron chi connectivity index (χ0n) is 22.0. The van der Waals surface area contributed by atoms with E-state index in [0.717, 1.165) is 12.1 Å². The van der Waals surface area contributed by atoms with Crippen molar-refractivity contribution in [2.75, 3.05) is 40.3 Å². The summed E-state index contributed by atoms with van der Waals surface area (Å²) in [6.45, 7) is 6.91. The van der Waals surface area contributed by atoms with Crippen LogP contribution in [0.2, 0.25) is 0 Å². The molecule has 1 saturated heterocycles. The zero-order chi connectivity index (χ0) is 26.1. The van der Waals surface area contributed by atoms with Crippen molar-refractivity contribution in [1.82, 2.24) is 20.4 Å². The molecule has 7 nitrogen and oxygen atoms in total. The van der Waals surface area contributed by atoms with Gasteiger partial charge in [0.1, 0.15) is 0 Å². The molecule has 1 fully saturated rings. The molecule has 0 aliphatic carbocycles. The van der Waals surface area contributed by atoms with Gasteiger partial charge >= 0.3 is 0 Å². The first-order chi connectivity index (χ1) is 17.1. The number of likely N-dealkylation sites (tertiary alicyclic amines) is 1. The summed E-state index contributed by atoms with van der Waals surface area (Å²) in [6.07, 6.45) is 1.48. The fourth-order valence-corrected chi connectivity index (χ4v) is 4.85. The lowest BCUT2D eigenvalue weighted by Gasteiger charge is -2.34. The third-order valence-electron chi connectivity index (χ3n) is 6.63. The number of nitrogens with one attached hydrogen (secondary N) is 2. The Hall–Kier alpha value is -3.19. The second-order valence-corrected chi connectivity index (χ2v) is 10.8. The molecule has 36 heavy (non-hydrogen) atoms. The van der Waals surface area contributed by atoms with Crippen LogP contribution >= 0.6 is 0 Å². The average molecular weight is 493 g/mol. The Kier molecular flexibility index (Phi) is 9.65. The molecule has 2 N–H and O–H groups in total. The highest BCUT2D eigenvalue weighted by Gasteiger charge is 2.30. The summed E-state index contributed by atoms with van der Waals surface area (Å²) in [4.78, 5) is 42.7. The van der Waals surface area contributed by atoms with Gasteiger partial charge in [-0.25, -0.2) is 0 Å². The predicted molar refractivity (Wildman–Crippen MR) is 142 cm³/mol. The number of amides is 3. The van der Waals surface area contributed by atoms with Crippen molar-refractivity contribution in [3.63, 3.8) is 0 Å². The van der Waals surface area contributed by atoms with Crippen LogP contribution in [0.5, 0.6) is 0 Å². The van der Waals surface area contributed by atoms with Crippen molar-refractivity contribution in [2.24, 2.45) is 11.3 Å². The number of hydrogen-bond donors (Lipinski definition) is 2. The van der Waals surface area contributed by atoms with Crippen LogP contribution in [0.1, 0.15) is 55.1 Å². The highest BCUT2D eigenvalue weighted by atomic mass is 16.2. The molecular weight excluding hydrogens is 452 g/mol. The predicted octanol–water partition coefficient (Wildman–Crippen LogP) is 3.49. The Labute approximate surface area is 215 Å². The van der Waals surface area contributed by atoms with Gasteiger partial charge < -0.3 is 20.4 Å². The molecule has 0 saturated carbocycles. The van der Waals surface area contributed by atoms with E-state index in [0.29, 0.717) is 38.0 Å². The third kappa shape index (κ3) is 8.19. The monoisotopic (exact) mass is 492 g/mol. The lowest BCUT2D eigenvalue weighted by molar-refractivity contribution is -0.136. The Balaban J connectivity index is 1.55. The summed E-state index contributed by atoms with van der Waals surface area (Å²) in [5, 5.41) is 6.15. The largest absolute Gasteiger partial charge is 0.355 e. The fourth-order valence-electron chi connectivity index (χ4n) is 4.85. The van der Waals surface area contributed by atoms with Crippen LogP contribution in [0.3, 0.4) is 0 Å². The quantitative estimate of drug-likeness (QED) is 0.532. The molecule has 3 amide bonds. The van der Waals surface area contributed by atoms with Crippen molar-refractivity contribution < 1.29 is 14.4 Å². The van der Waals surface area contributed by atoms with Gasteiger partial charge in [0, 0.05) is 37.7 Å². The SMILES string of the molecule is CN(C)CC(C)(C)CNC(=O)C1CCN(C(=O)CC(NC(=O)c2ccccc2)c2ccccc2)CC1. The number of hydrogen-bond acceptors (Lipinski definition) is 4. The highest BCUT2D eigenvalue weighted by molar-refractivity contribution is 5.94. The molecule has 194 valence electrons. The van der Waals surface area contributed by atoms with Crippen LogP contribution in [0.15, 0.2) is 60.7 Å². The number of benzene rings is 2. The van der Waals surface area contributed by atoms with Gasteiger partial charge in [-0.1, -0.05) is 62.4 Å². The molecule has 0 aromatic heterocycles. The van der Waals surface area contributed by atoms with E-state index in [-0.39, 0.29) is 35.5 Å². The van der Waals surface area contributed by atoms with Gasteiger partial charge in [0.05, 0.1) is 12.5 Å². The van der Waals surface area contributed by atoms with Gasteiger partial charge in [-0.15, -0.1) is 0 Å². The zero-order valence-corrected chi connectivity index (χ0v) is 22.0. The summed E-state index contributed by atoms with van der Waals surface area (Å²) >= 11 is 0. The summed E-state index contributed by atoms with van der Waals surface area (Å²) < 4.78 is 0. The van der Waals surface area contributed by atoms with E-state index >= 15 is 0 Å². The van der Waals surface area contributed by atoms with Crippen LogP contribution in [-0.4, -0.2) is 67.8 Å².